The van der Waals surface area contributed by atoms with E-state index in [-0.39, 0.29) is 11.4 Å². The van der Waals surface area contributed by atoms with E-state index in [1.54, 1.807) is 12.3 Å². The van der Waals surface area contributed by atoms with Gasteiger partial charge in [-0.1, -0.05) is 18.5 Å². The highest BCUT2D eigenvalue weighted by atomic mass is 35.5. The van der Waals surface area contributed by atoms with Gasteiger partial charge in [-0.3, -0.25) is 4.57 Å². The van der Waals surface area contributed by atoms with Crippen LogP contribution in [0.25, 0.3) is 11.2 Å². The van der Waals surface area contributed by atoms with Gasteiger partial charge in [0.2, 0.25) is 0 Å². The standard InChI is InChI=1S/C15H19ClN4O/c1-15(8-19-4-2-10(15)3-5-19)9-20-13-12(18-14(20)21)6-11(16)7-17-13/h6-7,10H,2-5,8-9H2,1H3,(H,18,21). The van der Waals surface area contributed by atoms with Gasteiger partial charge in [0.05, 0.1) is 5.02 Å². The summed E-state index contributed by atoms with van der Waals surface area (Å²) in [4.78, 5) is 11.1. The first-order valence-corrected chi connectivity index (χ1v) is 7.86. The Balaban J connectivity index is 1.72. The number of aromatic hydroxyl groups is 1. The van der Waals surface area contributed by atoms with Gasteiger partial charge in [0.15, 0.2) is 5.65 Å². The zero-order chi connectivity index (χ0) is 14.6. The second kappa shape index (κ2) is 4.58. The minimum absolute atomic E-state index is 0.0393. The SMILES string of the molecule is CC1(Cn2c(O)nc3cc(Cl)cnc32)CN2CCC1CC2. The van der Waals surface area contributed by atoms with Crippen molar-refractivity contribution in [2.24, 2.45) is 11.3 Å². The van der Waals surface area contributed by atoms with E-state index in [2.05, 4.69) is 21.8 Å². The maximum Gasteiger partial charge on any atom is 0.296 e. The van der Waals surface area contributed by atoms with E-state index in [1.807, 2.05) is 4.57 Å². The molecular weight excluding hydrogens is 288 g/mol. The highest BCUT2D eigenvalue weighted by molar-refractivity contribution is 6.31. The number of nitrogens with zero attached hydrogens (tertiary/aromatic N) is 4. The lowest BCUT2D eigenvalue weighted by atomic mass is 9.68. The lowest BCUT2D eigenvalue weighted by molar-refractivity contribution is -0.0279. The van der Waals surface area contributed by atoms with Crippen molar-refractivity contribution >= 4 is 22.8 Å². The molecule has 0 saturated carbocycles. The van der Waals surface area contributed by atoms with Crippen LogP contribution in [0, 0.1) is 11.3 Å². The summed E-state index contributed by atoms with van der Waals surface area (Å²) in [5, 5.41) is 10.7. The number of rotatable bonds is 2. The van der Waals surface area contributed by atoms with Gasteiger partial charge in [-0.25, -0.2) is 4.98 Å². The Bertz CT molecular complexity index is 692. The molecule has 1 N–H and O–H groups in total. The van der Waals surface area contributed by atoms with Gasteiger partial charge in [0, 0.05) is 24.7 Å². The second-order valence-electron chi connectivity index (χ2n) is 6.70. The Hall–Kier alpha value is -1.33. The van der Waals surface area contributed by atoms with Crippen LogP contribution < -0.4 is 0 Å². The highest BCUT2D eigenvalue weighted by Crippen LogP contribution is 2.44. The molecule has 0 amide bonds. The zero-order valence-electron chi connectivity index (χ0n) is 12.1. The molecule has 3 fully saturated rings. The molecule has 5 heterocycles. The molecular formula is C15H19ClN4O. The normalized spacial score (nSPS) is 31.9. The molecule has 5 rings (SSSR count). The van der Waals surface area contributed by atoms with Crippen molar-refractivity contribution in [1.29, 1.82) is 0 Å². The van der Waals surface area contributed by atoms with Crippen molar-refractivity contribution in [2.75, 3.05) is 19.6 Å². The fourth-order valence-electron chi connectivity index (χ4n) is 4.09. The largest absolute Gasteiger partial charge is 0.480 e. The lowest BCUT2D eigenvalue weighted by Gasteiger charge is -2.51. The number of fused-ring (bicyclic) bond motifs is 4. The van der Waals surface area contributed by atoms with Gasteiger partial charge < -0.3 is 10.0 Å². The average Bonchev–Trinajstić information content (AvgIpc) is 2.75. The number of hydrogen-bond acceptors (Lipinski definition) is 4. The molecule has 0 aromatic carbocycles. The van der Waals surface area contributed by atoms with Crippen molar-refractivity contribution < 1.29 is 5.11 Å². The summed E-state index contributed by atoms with van der Waals surface area (Å²) in [5.41, 5.74) is 1.54. The molecule has 3 saturated heterocycles. The predicted octanol–water partition coefficient (Wildman–Crippen LogP) is 2.52. The van der Waals surface area contributed by atoms with Gasteiger partial charge in [0.1, 0.15) is 5.52 Å². The van der Waals surface area contributed by atoms with E-state index in [0.717, 1.165) is 18.7 Å². The van der Waals surface area contributed by atoms with Crippen molar-refractivity contribution in [3.63, 3.8) is 0 Å². The molecule has 3 aliphatic heterocycles. The Kier molecular flexibility index (Phi) is 2.91. The van der Waals surface area contributed by atoms with Crippen molar-refractivity contribution in [3.8, 4) is 6.01 Å². The van der Waals surface area contributed by atoms with Crippen LogP contribution in [0.3, 0.4) is 0 Å². The number of piperidine rings is 3. The fourth-order valence-corrected chi connectivity index (χ4v) is 4.24. The Labute approximate surface area is 128 Å². The minimum atomic E-state index is 0.0393. The molecule has 0 radical (unpaired) electrons. The molecule has 1 unspecified atom stereocenters. The maximum atomic E-state index is 10.2. The number of pyridine rings is 1. The smallest absolute Gasteiger partial charge is 0.296 e. The van der Waals surface area contributed by atoms with E-state index in [1.165, 1.54) is 25.9 Å². The van der Waals surface area contributed by atoms with Gasteiger partial charge in [-0.05, 0) is 37.9 Å². The second-order valence-corrected chi connectivity index (χ2v) is 7.14. The molecule has 2 aromatic heterocycles. The van der Waals surface area contributed by atoms with Crippen LogP contribution in [-0.2, 0) is 6.54 Å². The number of hydrogen-bond donors (Lipinski definition) is 1. The summed E-state index contributed by atoms with van der Waals surface area (Å²) >= 11 is 5.95. The highest BCUT2D eigenvalue weighted by Gasteiger charge is 2.44. The van der Waals surface area contributed by atoms with E-state index < -0.39 is 0 Å². The van der Waals surface area contributed by atoms with Crippen molar-refractivity contribution in [3.05, 3.63) is 17.3 Å². The first-order chi connectivity index (χ1) is 10.0. The minimum Gasteiger partial charge on any atom is -0.480 e. The molecule has 2 bridgehead atoms. The molecule has 21 heavy (non-hydrogen) atoms. The van der Waals surface area contributed by atoms with Crippen LogP contribution in [0.4, 0.5) is 0 Å². The summed E-state index contributed by atoms with van der Waals surface area (Å²) < 4.78 is 1.84. The Morgan fingerprint density at radius 2 is 2.19 bits per heavy atom. The first-order valence-electron chi connectivity index (χ1n) is 7.48. The van der Waals surface area contributed by atoms with Crippen LogP contribution in [0.5, 0.6) is 6.01 Å². The third kappa shape index (κ3) is 2.10. The number of aromatic nitrogens is 3. The van der Waals surface area contributed by atoms with Gasteiger partial charge in [-0.15, -0.1) is 0 Å². The van der Waals surface area contributed by atoms with E-state index in [9.17, 15) is 5.11 Å². The molecule has 0 aliphatic carbocycles. The van der Waals surface area contributed by atoms with Crippen LogP contribution in [0.2, 0.25) is 5.02 Å². The Morgan fingerprint density at radius 1 is 1.43 bits per heavy atom. The lowest BCUT2D eigenvalue weighted by Crippen LogP contribution is -2.54. The molecule has 0 spiro atoms. The molecule has 112 valence electrons. The summed E-state index contributed by atoms with van der Waals surface area (Å²) in [7, 11) is 0. The summed E-state index contributed by atoms with van der Waals surface area (Å²) in [6.45, 7) is 6.59. The quantitative estimate of drug-likeness (QED) is 0.926. The van der Waals surface area contributed by atoms with E-state index >= 15 is 0 Å². The molecule has 3 aliphatic rings. The zero-order valence-corrected chi connectivity index (χ0v) is 12.8. The molecule has 2 aromatic rings. The van der Waals surface area contributed by atoms with Crippen molar-refractivity contribution in [1.82, 2.24) is 19.4 Å². The Morgan fingerprint density at radius 3 is 2.86 bits per heavy atom. The van der Waals surface area contributed by atoms with Crippen LogP contribution in [0.1, 0.15) is 19.8 Å². The first kappa shape index (κ1) is 13.3. The maximum absolute atomic E-state index is 10.2. The fraction of sp³-hybridized carbons (Fsp3) is 0.600. The van der Waals surface area contributed by atoms with Crippen LogP contribution >= 0.6 is 11.6 Å². The van der Waals surface area contributed by atoms with E-state index in [4.69, 9.17) is 11.6 Å². The monoisotopic (exact) mass is 306 g/mol. The molecule has 6 heteroatoms. The van der Waals surface area contributed by atoms with Crippen molar-refractivity contribution in [2.45, 2.75) is 26.3 Å². The predicted molar refractivity (Wildman–Crippen MR) is 81.5 cm³/mol. The van der Waals surface area contributed by atoms with Gasteiger partial charge in [-0.2, -0.15) is 4.98 Å². The topological polar surface area (TPSA) is 54.2 Å². The third-order valence-corrected chi connectivity index (χ3v) is 5.42. The van der Waals surface area contributed by atoms with Gasteiger partial charge in [0.25, 0.3) is 6.01 Å². The van der Waals surface area contributed by atoms with Gasteiger partial charge >= 0.3 is 0 Å². The summed E-state index contributed by atoms with van der Waals surface area (Å²) in [6, 6.07) is 1.79. The van der Waals surface area contributed by atoms with Crippen LogP contribution in [-0.4, -0.2) is 44.2 Å². The van der Waals surface area contributed by atoms with Crippen LogP contribution in [0.15, 0.2) is 12.3 Å². The number of halogens is 1. The summed E-state index contributed by atoms with van der Waals surface area (Å²) in [5.74, 6) is 0.714. The average molecular weight is 307 g/mol. The molecule has 1 atom stereocenters. The third-order valence-electron chi connectivity index (χ3n) is 5.21. The molecule has 5 nitrogen and oxygen atoms in total. The number of imidazole rings is 1. The van der Waals surface area contributed by atoms with E-state index in [0.29, 0.717) is 16.5 Å². The summed E-state index contributed by atoms with van der Waals surface area (Å²) in [6.07, 6.45) is 4.12.